The second kappa shape index (κ2) is 6.40. The van der Waals surface area contributed by atoms with Crippen LogP contribution in [0.5, 0.6) is 0 Å². The highest BCUT2D eigenvalue weighted by atomic mass is 16.6. The highest BCUT2D eigenvalue weighted by Crippen LogP contribution is 2.31. The fourth-order valence-corrected chi connectivity index (χ4v) is 1.98. The molecule has 0 aliphatic carbocycles. The molecule has 1 fully saturated rings. The maximum atomic E-state index is 11.2. The van der Waals surface area contributed by atoms with E-state index in [9.17, 15) is 9.59 Å². The van der Waals surface area contributed by atoms with Crippen molar-refractivity contribution >= 4 is 11.9 Å². The zero-order valence-electron chi connectivity index (χ0n) is 11.3. The SMILES string of the molecule is CC(=O)OC1[C@H](C)C(C)O[C@H](N=[N+]=[N-])[C@@H]1OC(C)=O. The van der Waals surface area contributed by atoms with Crippen LogP contribution in [-0.4, -0.2) is 36.5 Å². The molecule has 0 spiro atoms. The maximum Gasteiger partial charge on any atom is 0.303 e. The predicted octanol–water partition coefficient (Wildman–Crippen LogP) is 1.54. The number of ether oxygens (including phenoxy) is 3. The van der Waals surface area contributed by atoms with Gasteiger partial charge in [0.1, 0.15) is 6.10 Å². The number of carbonyl (C=O) groups excluding carboxylic acids is 2. The van der Waals surface area contributed by atoms with Crippen molar-refractivity contribution in [1.82, 2.24) is 0 Å². The number of hydrogen-bond acceptors (Lipinski definition) is 6. The van der Waals surface area contributed by atoms with Crippen LogP contribution in [0.1, 0.15) is 27.7 Å². The van der Waals surface area contributed by atoms with E-state index in [1.807, 2.05) is 0 Å². The van der Waals surface area contributed by atoms with E-state index in [2.05, 4.69) is 10.0 Å². The maximum absolute atomic E-state index is 11.2. The molecular formula is C11H17N3O5. The van der Waals surface area contributed by atoms with Gasteiger partial charge in [-0.3, -0.25) is 9.59 Å². The zero-order valence-corrected chi connectivity index (χ0v) is 11.3. The van der Waals surface area contributed by atoms with E-state index in [1.54, 1.807) is 13.8 Å². The van der Waals surface area contributed by atoms with Crippen molar-refractivity contribution in [2.75, 3.05) is 0 Å². The Labute approximate surface area is 110 Å². The monoisotopic (exact) mass is 271 g/mol. The van der Waals surface area contributed by atoms with Crippen molar-refractivity contribution < 1.29 is 23.8 Å². The summed E-state index contributed by atoms with van der Waals surface area (Å²) in [6, 6.07) is 0. The topological polar surface area (TPSA) is 111 Å². The van der Waals surface area contributed by atoms with Gasteiger partial charge in [0.15, 0.2) is 12.3 Å². The quantitative estimate of drug-likeness (QED) is 0.334. The molecule has 1 rings (SSSR count). The Hall–Kier alpha value is -1.79. The molecule has 0 N–H and O–H groups in total. The molecule has 0 aromatic heterocycles. The van der Waals surface area contributed by atoms with Gasteiger partial charge < -0.3 is 14.2 Å². The lowest BCUT2D eigenvalue weighted by Gasteiger charge is -2.41. The van der Waals surface area contributed by atoms with Crippen LogP contribution in [0, 0.1) is 5.92 Å². The summed E-state index contributed by atoms with van der Waals surface area (Å²) in [6.45, 7) is 6.06. The molecule has 8 heteroatoms. The fraction of sp³-hybridized carbons (Fsp3) is 0.818. The first-order chi connectivity index (χ1) is 8.86. The highest BCUT2D eigenvalue weighted by Gasteiger charge is 2.46. The summed E-state index contributed by atoms with van der Waals surface area (Å²) < 4.78 is 15.7. The van der Waals surface area contributed by atoms with Gasteiger partial charge >= 0.3 is 11.9 Å². The van der Waals surface area contributed by atoms with E-state index in [1.165, 1.54) is 13.8 Å². The summed E-state index contributed by atoms with van der Waals surface area (Å²) in [7, 11) is 0. The van der Waals surface area contributed by atoms with Gasteiger partial charge in [-0.25, -0.2) is 0 Å². The molecule has 1 aliphatic heterocycles. The summed E-state index contributed by atoms with van der Waals surface area (Å²) in [4.78, 5) is 24.9. The van der Waals surface area contributed by atoms with Crippen LogP contribution >= 0.6 is 0 Å². The predicted molar refractivity (Wildman–Crippen MR) is 63.8 cm³/mol. The Morgan fingerprint density at radius 3 is 2.16 bits per heavy atom. The first kappa shape index (κ1) is 15.3. The van der Waals surface area contributed by atoms with Crippen molar-refractivity contribution in [3.63, 3.8) is 0 Å². The molecule has 2 unspecified atom stereocenters. The lowest BCUT2D eigenvalue weighted by atomic mass is 9.90. The van der Waals surface area contributed by atoms with Crippen LogP contribution < -0.4 is 0 Å². The molecule has 0 radical (unpaired) electrons. The van der Waals surface area contributed by atoms with Crippen LogP contribution in [0.3, 0.4) is 0 Å². The van der Waals surface area contributed by atoms with Gasteiger partial charge in [0, 0.05) is 24.7 Å². The molecular weight excluding hydrogens is 254 g/mol. The normalized spacial score (nSPS) is 34.0. The lowest BCUT2D eigenvalue weighted by Crippen LogP contribution is -2.55. The first-order valence-electron chi connectivity index (χ1n) is 5.91. The zero-order chi connectivity index (χ0) is 14.6. The summed E-state index contributed by atoms with van der Waals surface area (Å²) in [5, 5.41) is 3.45. The van der Waals surface area contributed by atoms with Gasteiger partial charge in [0.25, 0.3) is 0 Å². The minimum atomic E-state index is -1.01. The Bertz CT molecular complexity index is 407. The Balaban J connectivity index is 3.03. The van der Waals surface area contributed by atoms with Crippen LogP contribution in [0.4, 0.5) is 0 Å². The van der Waals surface area contributed by atoms with Gasteiger partial charge in [-0.15, -0.1) is 0 Å². The summed E-state index contributed by atoms with van der Waals surface area (Å²) in [5.41, 5.74) is 8.52. The third-order valence-electron chi connectivity index (χ3n) is 2.99. The molecule has 19 heavy (non-hydrogen) atoms. The average Bonchev–Trinajstić information content (AvgIpc) is 2.29. The van der Waals surface area contributed by atoms with E-state index in [0.717, 1.165) is 0 Å². The molecule has 0 saturated carbocycles. The van der Waals surface area contributed by atoms with E-state index < -0.39 is 30.4 Å². The largest absolute Gasteiger partial charge is 0.458 e. The molecule has 1 heterocycles. The van der Waals surface area contributed by atoms with E-state index in [0.29, 0.717) is 0 Å². The van der Waals surface area contributed by atoms with Crippen LogP contribution in [0.15, 0.2) is 5.11 Å². The van der Waals surface area contributed by atoms with E-state index in [-0.39, 0.29) is 12.0 Å². The summed E-state index contributed by atoms with van der Waals surface area (Å²) >= 11 is 0. The second-order valence-electron chi connectivity index (χ2n) is 4.44. The first-order valence-corrected chi connectivity index (χ1v) is 5.91. The fourth-order valence-electron chi connectivity index (χ4n) is 1.98. The Morgan fingerprint density at radius 2 is 1.68 bits per heavy atom. The van der Waals surface area contributed by atoms with Crippen molar-refractivity contribution in [3.8, 4) is 0 Å². The highest BCUT2D eigenvalue weighted by molar-refractivity contribution is 5.67. The summed E-state index contributed by atoms with van der Waals surface area (Å²) in [6.07, 6.45) is -2.96. The number of hydrogen-bond donors (Lipinski definition) is 0. The Morgan fingerprint density at radius 1 is 1.16 bits per heavy atom. The van der Waals surface area contributed by atoms with E-state index in [4.69, 9.17) is 19.7 Å². The molecule has 1 saturated heterocycles. The number of carbonyl (C=O) groups is 2. The van der Waals surface area contributed by atoms with Gasteiger partial charge in [-0.2, -0.15) is 0 Å². The summed E-state index contributed by atoms with van der Waals surface area (Å²) in [5.74, 6) is -1.26. The lowest BCUT2D eigenvalue weighted by molar-refractivity contribution is -0.219. The molecule has 0 bridgehead atoms. The number of rotatable bonds is 3. The van der Waals surface area contributed by atoms with Crippen molar-refractivity contribution in [2.24, 2.45) is 11.0 Å². The standard InChI is InChI=1S/C11H17N3O5/c1-5-6(2)17-11(13-14-12)10(19-8(4)16)9(5)18-7(3)15/h5-6,9-11H,1-4H3/t5-,6?,9?,10-,11+/m1/s1. The van der Waals surface area contributed by atoms with Gasteiger partial charge in [-0.05, 0) is 12.5 Å². The third-order valence-corrected chi connectivity index (χ3v) is 2.99. The van der Waals surface area contributed by atoms with Gasteiger partial charge in [0.2, 0.25) is 0 Å². The number of nitrogens with zero attached hydrogens (tertiary/aromatic N) is 3. The third kappa shape index (κ3) is 3.84. The van der Waals surface area contributed by atoms with Gasteiger partial charge in [-0.1, -0.05) is 12.0 Å². The molecule has 1 aliphatic rings. The number of esters is 2. The van der Waals surface area contributed by atoms with E-state index >= 15 is 0 Å². The molecule has 5 atom stereocenters. The van der Waals surface area contributed by atoms with Crippen molar-refractivity contribution in [1.29, 1.82) is 0 Å². The minimum absolute atomic E-state index is 0.196. The van der Waals surface area contributed by atoms with Crippen LogP contribution in [-0.2, 0) is 23.8 Å². The molecule has 0 aromatic carbocycles. The molecule has 8 nitrogen and oxygen atoms in total. The van der Waals surface area contributed by atoms with Crippen LogP contribution in [0.2, 0.25) is 0 Å². The van der Waals surface area contributed by atoms with Crippen molar-refractivity contribution in [2.45, 2.75) is 52.2 Å². The molecule has 106 valence electrons. The van der Waals surface area contributed by atoms with Gasteiger partial charge in [0.05, 0.1) is 6.10 Å². The minimum Gasteiger partial charge on any atom is -0.458 e. The smallest absolute Gasteiger partial charge is 0.303 e. The van der Waals surface area contributed by atoms with Crippen molar-refractivity contribution in [3.05, 3.63) is 10.4 Å². The second-order valence-corrected chi connectivity index (χ2v) is 4.44. The molecule has 0 amide bonds. The Kier molecular flexibility index (Phi) is 5.14. The number of azide groups is 1. The van der Waals surface area contributed by atoms with Crippen LogP contribution in [0.25, 0.3) is 10.4 Å². The molecule has 0 aromatic rings. The average molecular weight is 271 g/mol.